The molecule has 0 spiro atoms. The van der Waals surface area contributed by atoms with Crippen molar-refractivity contribution in [3.05, 3.63) is 58.9 Å². The third-order valence-electron chi connectivity index (χ3n) is 4.84. The largest absolute Gasteiger partial charge is 0.462 e. The topological polar surface area (TPSA) is 55.3 Å². The summed E-state index contributed by atoms with van der Waals surface area (Å²) < 4.78 is 7.61. The Balaban J connectivity index is 1.90. The average molecular weight is 337 g/mol. The highest BCUT2D eigenvalue weighted by molar-refractivity contribution is 6.04. The Bertz CT molecular complexity index is 877. The molecule has 4 rings (SSSR count). The number of hydrogen-bond donors (Lipinski definition) is 2. The van der Waals surface area contributed by atoms with Crippen molar-refractivity contribution in [3.63, 3.8) is 0 Å². The Morgan fingerprint density at radius 1 is 1.36 bits per heavy atom. The monoisotopic (exact) mass is 337 g/mol. The second-order valence-electron chi connectivity index (χ2n) is 6.39. The van der Waals surface area contributed by atoms with Crippen LogP contribution >= 0.6 is 0 Å². The zero-order valence-corrected chi connectivity index (χ0v) is 14.5. The minimum Gasteiger partial charge on any atom is -0.462 e. The van der Waals surface area contributed by atoms with Gasteiger partial charge in [0.15, 0.2) is 0 Å². The number of carbonyl (C=O) groups is 1. The number of hydrogen-bond acceptors (Lipinski definition) is 4. The van der Waals surface area contributed by atoms with Crippen LogP contribution in [-0.2, 0) is 24.2 Å². The van der Waals surface area contributed by atoms with Gasteiger partial charge < -0.3 is 19.9 Å². The molecule has 2 aromatic rings. The lowest BCUT2D eigenvalue weighted by atomic mass is 10.0. The molecular formula is C20H23N3O2. The maximum atomic E-state index is 12.5. The smallest absolute Gasteiger partial charge is 0.340 e. The Hall–Kier alpha value is -2.53. The first-order valence-electron chi connectivity index (χ1n) is 8.89. The van der Waals surface area contributed by atoms with E-state index < -0.39 is 0 Å². The van der Waals surface area contributed by atoms with Crippen LogP contribution in [0.4, 0.5) is 0 Å². The number of nitrogens with one attached hydrogen (secondary N) is 2. The first-order chi connectivity index (χ1) is 12.3. The van der Waals surface area contributed by atoms with Crippen molar-refractivity contribution in [3.8, 4) is 0 Å². The van der Waals surface area contributed by atoms with Gasteiger partial charge in [-0.2, -0.15) is 0 Å². The van der Waals surface area contributed by atoms with Crippen LogP contribution in [0.3, 0.4) is 0 Å². The molecule has 25 heavy (non-hydrogen) atoms. The van der Waals surface area contributed by atoms with Crippen LogP contribution in [0.5, 0.6) is 0 Å². The summed E-state index contributed by atoms with van der Waals surface area (Å²) in [5.74, 6) is -0.247. The zero-order chi connectivity index (χ0) is 17.2. The van der Waals surface area contributed by atoms with Gasteiger partial charge in [0.2, 0.25) is 0 Å². The summed E-state index contributed by atoms with van der Waals surface area (Å²) in [5, 5.41) is 7.87. The minimum absolute atomic E-state index is 0.247. The number of para-hydroxylation sites is 1. The summed E-state index contributed by atoms with van der Waals surface area (Å²) in [6.45, 7) is 5.66. The number of carbonyl (C=O) groups excluding carboxylic acids is 1. The number of allylic oxidation sites excluding steroid dienone is 2. The Morgan fingerprint density at radius 2 is 2.28 bits per heavy atom. The Kier molecular flexibility index (Phi) is 4.32. The number of fused-ring (bicyclic) bond motifs is 3. The molecule has 2 aliphatic rings. The van der Waals surface area contributed by atoms with E-state index in [4.69, 9.17) is 4.74 Å². The van der Waals surface area contributed by atoms with Gasteiger partial charge in [0.25, 0.3) is 0 Å². The molecule has 0 saturated heterocycles. The third-order valence-corrected chi connectivity index (χ3v) is 4.84. The molecule has 0 bridgehead atoms. The van der Waals surface area contributed by atoms with Gasteiger partial charge in [0.05, 0.1) is 17.7 Å². The summed E-state index contributed by atoms with van der Waals surface area (Å²) in [7, 11) is 0. The fraction of sp³-hybridized carbons (Fsp3) is 0.350. The number of aromatic nitrogens is 1. The van der Waals surface area contributed by atoms with Gasteiger partial charge in [-0.3, -0.25) is 0 Å². The third kappa shape index (κ3) is 2.85. The fourth-order valence-corrected chi connectivity index (χ4v) is 3.78. The van der Waals surface area contributed by atoms with Gasteiger partial charge in [-0.05, 0) is 24.1 Å². The molecule has 3 heterocycles. The van der Waals surface area contributed by atoms with Crippen LogP contribution in [0.15, 0.2) is 42.1 Å². The molecule has 5 heteroatoms. The van der Waals surface area contributed by atoms with Gasteiger partial charge >= 0.3 is 5.97 Å². The average Bonchev–Trinajstić information content (AvgIpc) is 2.97. The predicted molar refractivity (Wildman–Crippen MR) is 98.5 cm³/mol. The van der Waals surface area contributed by atoms with E-state index in [1.54, 1.807) is 0 Å². The van der Waals surface area contributed by atoms with Crippen LogP contribution in [0, 0.1) is 0 Å². The van der Waals surface area contributed by atoms with Crippen molar-refractivity contribution >= 4 is 16.9 Å². The lowest BCUT2D eigenvalue weighted by Crippen LogP contribution is -2.25. The van der Waals surface area contributed by atoms with Gasteiger partial charge in [-0.1, -0.05) is 24.3 Å². The second kappa shape index (κ2) is 6.76. The standard InChI is InChI=1S/C20H23N3O2/c1-2-25-20(24)16-7-3-6-15-17-12-22-10-8-18(17)23(19(15)16)13-14-5-4-9-21-11-14/h3-7,11,21-22H,2,8-10,12-13H2,1H3. The highest BCUT2D eigenvalue weighted by Crippen LogP contribution is 2.32. The molecule has 5 nitrogen and oxygen atoms in total. The molecule has 0 saturated carbocycles. The molecule has 130 valence electrons. The Labute approximate surface area is 147 Å². The molecule has 1 aromatic heterocycles. The lowest BCUT2D eigenvalue weighted by molar-refractivity contribution is 0.0528. The van der Waals surface area contributed by atoms with E-state index in [1.165, 1.54) is 16.8 Å². The number of ether oxygens (including phenoxy) is 1. The molecule has 2 N–H and O–H groups in total. The highest BCUT2D eigenvalue weighted by Gasteiger charge is 2.24. The quantitative estimate of drug-likeness (QED) is 0.842. The molecule has 0 fully saturated rings. The van der Waals surface area contributed by atoms with Crippen LogP contribution in [0.25, 0.3) is 10.9 Å². The minimum atomic E-state index is -0.247. The molecule has 0 unspecified atom stereocenters. The molecular weight excluding hydrogens is 314 g/mol. The summed E-state index contributed by atoms with van der Waals surface area (Å²) >= 11 is 0. The van der Waals surface area contributed by atoms with Crippen molar-refractivity contribution in [1.82, 2.24) is 15.2 Å². The number of nitrogens with zero attached hydrogens (tertiary/aromatic N) is 1. The molecule has 1 aromatic carbocycles. The predicted octanol–water partition coefficient (Wildman–Crippen LogP) is 2.51. The SMILES string of the molecule is CCOC(=O)c1cccc2c3c(n(CC4=CNCC=C4)c12)CCNC3. The molecule has 0 aliphatic carbocycles. The number of esters is 1. The first-order valence-corrected chi connectivity index (χ1v) is 8.89. The van der Waals surface area contributed by atoms with Gasteiger partial charge in [-0.25, -0.2) is 4.79 Å². The molecule has 2 aliphatic heterocycles. The van der Waals surface area contributed by atoms with Gasteiger partial charge in [-0.15, -0.1) is 0 Å². The first kappa shape index (κ1) is 16.0. The zero-order valence-electron chi connectivity index (χ0n) is 14.5. The van der Waals surface area contributed by atoms with Crippen molar-refractivity contribution < 1.29 is 9.53 Å². The van der Waals surface area contributed by atoms with Crippen molar-refractivity contribution in [2.24, 2.45) is 0 Å². The van der Waals surface area contributed by atoms with E-state index in [0.717, 1.165) is 43.5 Å². The normalized spacial score (nSPS) is 16.3. The van der Waals surface area contributed by atoms with E-state index in [0.29, 0.717) is 12.2 Å². The van der Waals surface area contributed by atoms with Crippen LogP contribution in [-0.4, -0.2) is 30.2 Å². The Morgan fingerprint density at radius 3 is 3.08 bits per heavy atom. The van der Waals surface area contributed by atoms with Crippen LogP contribution < -0.4 is 10.6 Å². The maximum absolute atomic E-state index is 12.5. The summed E-state index contributed by atoms with van der Waals surface area (Å²) in [4.78, 5) is 12.5. The summed E-state index contributed by atoms with van der Waals surface area (Å²) in [6, 6.07) is 5.94. The summed E-state index contributed by atoms with van der Waals surface area (Å²) in [5.41, 5.74) is 5.49. The van der Waals surface area contributed by atoms with E-state index in [2.05, 4.69) is 39.6 Å². The molecule has 0 atom stereocenters. The highest BCUT2D eigenvalue weighted by atomic mass is 16.5. The molecule has 0 amide bonds. The maximum Gasteiger partial charge on any atom is 0.340 e. The fourth-order valence-electron chi connectivity index (χ4n) is 3.78. The number of benzene rings is 1. The van der Waals surface area contributed by atoms with Gasteiger partial charge in [0, 0.05) is 49.9 Å². The van der Waals surface area contributed by atoms with Crippen molar-refractivity contribution in [1.29, 1.82) is 0 Å². The van der Waals surface area contributed by atoms with E-state index in [9.17, 15) is 4.79 Å². The molecule has 0 radical (unpaired) electrons. The van der Waals surface area contributed by atoms with E-state index in [-0.39, 0.29) is 5.97 Å². The van der Waals surface area contributed by atoms with E-state index in [1.807, 2.05) is 19.1 Å². The van der Waals surface area contributed by atoms with Crippen LogP contribution in [0.2, 0.25) is 0 Å². The summed E-state index contributed by atoms with van der Waals surface area (Å²) in [6.07, 6.45) is 7.31. The van der Waals surface area contributed by atoms with Crippen LogP contribution in [0.1, 0.15) is 28.5 Å². The van der Waals surface area contributed by atoms with Crippen molar-refractivity contribution in [2.45, 2.75) is 26.4 Å². The number of dihydropyridines is 1. The van der Waals surface area contributed by atoms with Crippen molar-refractivity contribution in [2.75, 3.05) is 19.7 Å². The number of rotatable bonds is 4. The van der Waals surface area contributed by atoms with Gasteiger partial charge in [0.1, 0.15) is 0 Å². The lowest BCUT2D eigenvalue weighted by Gasteiger charge is -2.18. The van der Waals surface area contributed by atoms with E-state index >= 15 is 0 Å². The second-order valence-corrected chi connectivity index (χ2v) is 6.39.